The van der Waals surface area contributed by atoms with Crippen LogP contribution in [0.4, 0.5) is 20.6 Å². The lowest BCUT2D eigenvalue weighted by Crippen LogP contribution is -2.40. The number of piperidine rings is 1. The fraction of sp³-hybridized carbons (Fsp3) is 0.500. The Kier molecular flexibility index (Phi) is 6.30. The molecule has 0 aliphatic carbocycles. The largest absolute Gasteiger partial charge is 0.442 e. The topological polar surface area (TPSA) is 85.7 Å². The zero-order valence-electron chi connectivity index (χ0n) is 17.6. The van der Waals surface area contributed by atoms with Gasteiger partial charge in [-0.3, -0.25) is 9.69 Å². The first kappa shape index (κ1) is 21.6. The molecule has 0 bridgehead atoms. The lowest BCUT2D eigenvalue weighted by molar-refractivity contribution is -0.128. The number of allylic oxidation sites excluding steroid dienone is 1. The number of cyclic esters (lactones) is 1. The van der Waals surface area contributed by atoms with Crippen molar-refractivity contribution in [3.8, 4) is 6.07 Å². The van der Waals surface area contributed by atoms with Gasteiger partial charge in [-0.15, -0.1) is 0 Å². The summed E-state index contributed by atoms with van der Waals surface area (Å²) in [5.41, 5.74) is 1.46. The number of nitrogens with one attached hydrogen (secondary N) is 1. The Bertz CT molecular complexity index is 891. The molecule has 0 aromatic heterocycles. The average Bonchev–Trinajstić information content (AvgIpc) is 3.07. The van der Waals surface area contributed by atoms with E-state index in [9.17, 15) is 14.0 Å². The van der Waals surface area contributed by atoms with Crippen LogP contribution < -0.4 is 15.1 Å². The number of amides is 2. The molecule has 0 unspecified atom stereocenters. The van der Waals surface area contributed by atoms with E-state index >= 15 is 0 Å². The second-order valence-corrected chi connectivity index (χ2v) is 8.63. The Hall–Kier alpha value is -3.08. The maximum atomic E-state index is 14.8. The summed E-state index contributed by atoms with van der Waals surface area (Å²) >= 11 is 0. The van der Waals surface area contributed by atoms with E-state index in [0.29, 0.717) is 24.5 Å². The zero-order chi connectivity index (χ0) is 21.9. The number of halogens is 1. The molecule has 8 heteroatoms. The van der Waals surface area contributed by atoms with Gasteiger partial charge in [-0.1, -0.05) is 26.3 Å². The highest BCUT2D eigenvalue weighted by molar-refractivity contribution is 5.90. The third-order valence-electron chi connectivity index (χ3n) is 5.30. The van der Waals surface area contributed by atoms with Crippen molar-refractivity contribution < 1.29 is 18.7 Å². The molecule has 2 fully saturated rings. The van der Waals surface area contributed by atoms with E-state index in [-0.39, 0.29) is 19.0 Å². The lowest BCUT2D eigenvalue weighted by atomic mass is 9.96. The third kappa shape index (κ3) is 4.90. The van der Waals surface area contributed by atoms with E-state index in [4.69, 9.17) is 10.00 Å². The number of carbonyl (C=O) groups is 2. The Morgan fingerprint density at radius 3 is 2.67 bits per heavy atom. The Morgan fingerprint density at radius 2 is 2.07 bits per heavy atom. The maximum absolute atomic E-state index is 14.8. The molecular formula is C22H27FN4O3. The molecular weight excluding hydrogens is 387 g/mol. The number of hydrogen-bond acceptors (Lipinski definition) is 5. The molecule has 2 amide bonds. The average molecular weight is 414 g/mol. The number of anilines is 2. The van der Waals surface area contributed by atoms with Crippen LogP contribution in [0, 0.1) is 22.6 Å². The first-order chi connectivity index (χ1) is 14.2. The summed E-state index contributed by atoms with van der Waals surface area (Å²) < 4.78 is 20.1. The van der Waals surface area contributed by atoms with E-state index in [0.717, 1.165) is 18.4 Å². The number of nitriles is 1. The van der Waals surface area contributed by atoms with Crippen LogP contribution in [-0.4, -0.2) is 44.3 Å². The fourth-order valence-corrected chi connectivity index (χ4v) is 3.50. The second-order valence-electron chi connectivity index (χ2n) is 8.63. The van der Waals surface area contributed by atoms with Crippen LogP contribution >= 0.6 is 0 Å². The minimum atomic E-state index is -0.554. The first-order valence-corrected chi connectivity index (χ1v) is 10.1. The summed E-state index contributed by atoms with van der Waals surface area (Å²) in [5.74, 6) is -0.529. The van der Waals surface area contributed by atoms with Crippen molar-refractivity contribution in [1.82, 2.24) is 5.32 Å². The molecule has 3 rings (SSSR count). The summed E-state index contributed by atoms with van der Waals surface area (Å²) in [7, 11) is 0. The minimum Gasteiger partial charge on any atom is -0.442 e. The third-order valence-corrected chi connectivity index (χ3v) is 5.30. The summed E-state index contributed by atoms with van der Waals surface area (Å²) in [6.07, 6.45) is 1.99. The van der Waals surface area contributed by atoms with Crippen LogP contribution in [0.5, 0.6) is 0 Å². The summed E-state index contributed by atoms with van der Waals surface area (Å²) in [4.78, 5) is 27.6. The van der Waals surface area contributed by atoms with E-state index in [1.165, 1.54) is 11.0 Å². The van der Waals surface area contributed by atoms with Crippen LogP contribution in [-0.2, 0) is 9.53 Å². The number of benzene rings is 1. The van der Waals surface area contributed by atoms with E-state index < -0.39 is 23.4 Å². The van der Waals surface area contributed by atoms with Crippen LogP contribution in [0.15, 0.2) is 29.8 Å². The number of carbonyl (C=O) groups excluding carboxylic acids is 2. The molecule has 0 radical (unpaired) electrons. The summed E-state index contributed by atoms with van der Waals surface area (Å²) in [5, 5.41) is 11.5. The molecule has 2 heterocycles. The monoisotopic (exact) mass is 414 g/mol. The van der Waals surface area contributed by atoms with Gasteiger partial charge in [-0.2, -0.15) is 5.26 Å². The van der Waals surface area contributed by atoms with Gasteiger partial charge in [0, 0.05) is 24.6 Å². The van der Waals surface area contributed by atoms with Crippen molar-refractivity contribution in [2.24, 2.45) is 5.41 Å². The highest BCUT2D eigenvalue weighted by Gasteiger charge is 2.34. The number of rotatable bonds is 4. The second kappa shape index (κ2) is 8.74. The Labute approximate surface area is 176 Å². The molecule has 0 spiro atoms. The molecule has 7 nitrogen and oxygen atoms in total. The number of hydrogen-bond donors (Lipinski definition) is 1. The molecule has 0 saturated carbocycles. The van der Waals surface area contributed by atoms with Gasteiger partial charge in [0.25, 0.3) is 0 Å². The maximum Gasteiger partial charge on any atom is 0.414 e. The van der Waals surface area contributed by atoms with E-state index in [1.54, 1.807) is 18.2 Å². The highest BCUT2D eigenvalue weighted by Crippen LogP contribution is 2.30. The molecule has 1 N–H and O–H groups in total. The summed E-state index contributed by atoms with van der Waals surface area (Å²) in [6.45, 7) is 7.17. The standard InChI is InChI=1S/C22H27FN4O3/c1-22(2,3)20(28)25-13-17-14-27(21(29)30-17)16-4-5-19(18(23)12-16)26-10-7-15(6-9-24)8-11-26/h4-6,12,17H,7-8,10-11,13-14H2,1-3H3,(H,25,28)/t17-/m0/s1. The van der Waals surface area contributed by atoms with Crippen molar-refractivity contribution in [2.75, 3.05) is 36.0 Å². The van der Waals surface area contributed by atoms with Crippen molar-refractivity contribution in [3.63, 3.8) is 0 Å². The molecule has 2 saturated heterocycles. The number of ether oxygens (including phenoxy) is 1. The van der Waals surface area contributed by atoms with Crippen LogP contribution in [0.3, 0.4) is 0 Å². The van der Waals surface area contributed by atoms with Crippen LogP contribution in [0.1, 0.15) is 33.6 Å². The predicted molar refractivity (Wildman–Crippen MR) is 112 cm³/mol. The Morgan fingerprint density at radius 1 is 1.37 bits per heavy atom. The van der Waals surface area contributed by atoms with Gasteiger partial charge >= 0.3 is 6.09 Å². The quantitative estimate of drug-likeness (QED) is 0.764. The van der Waals surface area contributed by atoms with Gasteiger partial charge < -0.3 is 15.0 Å². The number of nitrogens with zero attached hydrogens (tertiary/aromatic N) is 3. The van der Waals surface area contributed by atoms with Crippen molar-refractivity contribution in [2.45, 2.75) is 39.7 Å². The first-order valence-electron chi connectivity index (χ1n) is 10.1. The Balaban J connectivity index is 1.62. The molecule has 30 heavy (non-hydrogen) atoms. The van der Waals surface area contributed by atoms with Gasteiger partial charge in [0.05, 0.1) is 30.5 Å². The van der Waals surface area contributed by atoms with Gasteiger partial charge in [-0.05, 0) is 31.0 Å². The molecule has 1 aromatic rings. The lowest BCUT2D eigenvalue weighted by Gasteiger charge is -2.30. The smallest absolute Gasteiger partial charge is 0.414 e. The molecule has 2 aliphatic heterocycles. The van der Waals surface area contributed by atoms with Gasteiger partial charge in [0.15, 0.2) is 0 Å². The zero-order valence-corrected chi connectivity index (χ0v) is 17.6. The minimum absolute atomic E-state index is 0.123. The molecule has 1 atom stereocenters. The SMILES string of the molecule is CC(C)(C)C(=O)NC[C@H]1CN(c2ccc(N3CCC(=CC#N)CC3)c(F)c2)C(=O)O1. The van der Waals surface area contributed by atoms with Gasteiger partial charge in [0.1, 0.15) is 11.9 Å². The van der Waals surface area contributed by atoms with E-state index in [2.05, 4.69) is 5.32 Å². The molecule has 2 aliphatic rings. The van der Waals surface area contributed by atoms with Gasteiger partial charge in [-0.25, -0.2) is 9.18 Å². The molecule has 160 valence electrons. The van der Waals surface area contributed by atoms with Crippen molar-refractivity contribution >= 4 is 23.4 Å². The summed E-state index contributed by atoms with van der Waals surface area (Å²) in [6, 6.07) is 6.76. The van der Waals surface area contributed by atoms with Crippen molar-refractivity contribution in [3.05, 3.63) is 35.7 Å². The van der Waals surface area contributed by atoms with Gasteiger partial charge in [0.2, 0.25) is 5.91 Å². The normalized spacial score (nSPS) is 19.4. The van der Waals surface area contributed by atoms with Crippen LogP contribution in [0.2, 0.25) is 0 Å². The molecule has 1 aromatic carbocycles. The highest BCUT2D eigenvalue weighted by atomic mass is 19.1. The van der Waals surface area contributed by atoms with Crippen molar-refractivity contribution in [1.29, 1.82) is 5.26 Å². The van der Waals surface area contributed by atoms with E-state index in [1.807, 2.05) is 31.7 Å². The fourth-order valence-electron chi connectivity index (χ4n) is 3.50. The van der Waals surface area contributed by atoms with Crippen LogP contribution in [0.25, 0.3) is 0 Å². The predicted octanol–water partition coefficient (Wildman–Crippen LogP) is 3.36.